The van der Waals surface area contributed by atoms with E-state index in [1.165, 1.54) is 9.80 Å². The van der Waals surface area contributed by atoms with Gasteiger partial charge in [0.05, 0.1) is 54.4 Å². The summed E-state index contributed by atoms with van der Waals surface area (Å²) in [6, 6.07) is 15.0. The van der Waals surface area contributed by atoms with Gasteiger partial charge in [-0.05, 0) is 56.6 Å². The van der Waals surface area contributed by atoms with E-state index < -0.39 is 15.6 Å². The van der Waals surface area contributed by atoms with Crippen LogP contribution in [0.1, 0.15) is 41.4 Å². The molecule has 0 fully saturated rings. The predicted octanol–water partition coefficient (Wildman–Crippen LogP) is 7.98. The standard InChI is InChI=1S/C32H28N4O4.2F6P/c1-33(2)13-15-35-29(37)21-9-5-17-19-7-11-23-28-24(32(40)36(31(23)39)16-14-34(3)4)12-8-20(26(19)28)18-6-10-22(30(35)38)27(21)25(17)18;2*1-7(2,3,4,5)6/h5-12H,13-16H2,1-4H3;;/q;2*-1/p+2. The Kier molecular flexibility index (Phi) is 8.74. The molecule has 0 saturated heterocycles. The monoisotopic (exact) mass is 824 g/mol. The first kappa shape index (κ1) is 40.8. The van der Waals surface area contributed by atoms with Crippen molar-refractivity contribution in [1.82, 2.24) is 9.80 Å². The van der Waals surface area contributed by atoms with Crippen LogP contribution in [-0.2, 0) is 0 Å². The Labute approximate surface area is 296 Å². The minimum atomic E-state index is -10.7. The van der Waals surface area contributed by atoms with Crippen molar-refractivity contribution in [3.05, 3.63) is 70.8 Å². The van der Waals surface area contributed by atoms with Crippen molar-refractivity contribution in [3.8, 4) is 0 Å². The Morgan fingerprint density at radius 1 is 0.407 bits per heavy atom. The Morgan fingerprint density at radius 2 is 0.611 bits per heavy atom. The van der Waals surface area contributed by atoms with Crippen LogP contribution < -0.4 is 9.80 Å². The zero-order chi connectivity index (χ0) is 40.8. The van der Waals surface area contributed by atoms with Gasteiger partial charge in [0.25, 0.3) is 23.6 Å². The van der Waals surface area contributed by atoms with Gasteiger partial charge in [0.1, 0.15) is 0 Å². The van der Waals surface area contributed by atoms with Gasteiger partial charge in [-0.3, -0.25) is 29.0 Å². The van der Waals surface area contributed by atoms with Crippen molar-refractivity contribution >= 4 is 82.3 Å². The minimum absolute atomic E-state index is 0.269. The number of fused-ring (bicyclic) bond motifs is 2. The summed E-state index contributed by atoms with van der Waals surface area (Å²) in [5.74, 6) is -1.08. The summed E-state index contributed by atoms with van der Waals surface area (Å²) in [5.41, 5.74) is 2.12. The van der Waals surface area contributed by atoms with Crippen LogP contribution in [0.15, 0.2) is 48.5 Å². The second-order valence-electron chi connectivity index (χ2n) is 13.5. The van der Waals surface area contributed by atoms with E-state index in [9.17, 15) is 69.5 Å². The van der Waals surface area contributed by atoms with Crippen LogP contribution in [-0.4, -0.2) is 87.8 Å². The quantitative estimate of drug-likeness (QED) is 0.0599. The number of halogens is 12. The third-order valence-corrected chi connectivity index (χ3v) is 8.47. The first-order valence-corrected chi connectivity index (χ1v) is 19.8. The summed E-state index contributed by atoms with van der Waals surface area (Å²) in [5, 5.41) is 6.70. The van der Waals surface area contributed by atoms with Crippen molar-refractivity contribution in [2.24, 2.45) is 0 Å². The molecule has 5 aromatic carbocycles. The van der Waals surface area contributed by atoms with Gasteiger partial charge in [-0.25, -0.2) is 0 Å². The van der Waals surface area contributed by atoms with Crippen LogP contribution in [0.5, 0.6) is 0 Å². The second kappa shape index (κ2) is 11.6. The molecule has 296 valence electrons. The predicted molar refractivity (Wildman–Crippen MR) is 181 cm³/mol. The average Bonchev–Trinajstić information content (AvgIpc) is 2.98. The summed E-state index contributed by atoms with van der Waals surface area (Å²) in [6.07, 6.45) is 0. The molecule has 0 bridgehead atoms. The van der Waals surface area contributed by atoms with Gasteiger partial charge in [-0.2, -0.15) is 0 Å². The summed E-state index contributed by atoms with van der Waals surface area (Å²) in [6.45, 7) is 2.04. The van der Waals surface area contributed by atoms with E-state index >= 15 is 0 Å². The van der Waals surface area contributed by atoms with Gasteiger partial charge in [-0.1, -0.05) is 24.3 Å². The Morgan fingerprint density at radius 3 is 0.796 bits per heavy atom. The number of carbonyl (C=O) groups excluding carboxylic acids is 4. The molecule has 4 amide bonds. The number of imide groups is 2. The molecule has 0 atom stereocenters. The fourth-order valence-electron chi connectivity index (χ4n) is 6.44. The molecule has 8 nitrogen and oxygen atoms in total. The molecule has 0 aromatic heterocycles. The van der Waals surface area contributed by atoms with Crippen molar-refractivity contribution in [2.75, 3.05) is 54.4 Å². The summed E-state index contributed by atoms with van der Waals surface area (Å²) in [7, 11) is -13.3. The summed E-state index contributed by atoms with van der Waals surface area (Å²) in [4.78, 5) is 59.2. The second-order valence-corrected chi connectivity index (χ2v) is 17.3. The van der Waals surface area contributed by atoms with E-state index in [-0.39, 0.29) is 23.6 Å². The third kappa shape index (κ3) is 9.28. The van der Waals surface area contributed by atoms with Gasteiger partial charge < -0.3 is 9.80 Å². The maximum absolute atomic E-state index is 13.5. The number of nitrogens with one attached hydrogen (secondary N) is 2. The average molecular weight is 825 g/mol. The fourth-order valence-corrected chi connectivity index (χ4v) is 6.44. The van der Waals surface area contributed by atoms with Gasteiger partial charge in [-0.15, -0.1) is 0 Å². The fraction of sp³-hybridized carbons (Fsp3) is 0.250. The SMILES string of the molecule is C[NH+](C)CCN1C(=O)c2ccc3c4ccc5c6c(ccc(c7ccc(c2c37)C1=O)c64)C(=O)N(CC[NH+](C)C)C5=O.F[P-](F)(F)(F)(F)F.F[P-](F)(F)(F)(F)F. The number of rotatable bonds is 6. The molecule has 0 radical (unpaired) electrons. The normalized spacial score (nSPS) is 17.4. The van der Waals surface area contributed by atoms with Gasteiger partial charge in [0.15, 0.2) is 0 Å². The van der Waals surface area contributed by atoms with Gasteiger partial charge >= 0.3 is 66.0 Å². The van der Waals surface area contributed by atoms with E-state index in [2.05, 4.69) is 0 Å². The van der Waals surface area contributed by atoms with Crippen molar-refractivity contribution < 1.29 is 79.3 Å². The molecule has 7 rings (SSSR count). The Bertz CT molecular complexity index is 2130. The number of amides is 4. The van der Waals surface area contributed by atoms with Crippen molar-refractivity contribution in [2.45, 2.75) is 0 Å². The van der Waals surface area contributed by atoms with E-state index in [1.54, 1.807) is 0 Å². The first-order chi connectivity index (χ1) is 24.1. The van der Waals surface area contributed by atoms with Crippen LogP contribution in [0.3, 0.4) is 0 Å². The molecule has 5 aromatic rings. The molecule has 0 unspecified atom stereocenters. The molecule has 22 heteroatoms. The van der Waals surface area contributed by atoms with Crippen LogP contribution in [0.4, 0.5) is 50.4 Å². The van der Waals surface area contributed by atoms with E-state index in [4.69, 9.17) is 0 Å². The van der Waals surface area contributed by atoms with Crippen molar-refractivity contribution in [3.63, 3.8) is 0 Å². The zero-order valence-corrected chi connectivity index (χ0v) is 30.2. The number of likely N-dealkylation sites (N-methyl/N-ethyl adjacent to an activating group) is 2. The third-order valence-electron chi connectivity index (χ3n) is 8.47. The first-order valence-electron chi connectivity index (χ1n) is 15.7. The number of hydrogen-bond acceptors (Lipinski definition) is 4. The molecule has 2 aliphatic rings. The zero-order valence-electron chi connectivity index (χ0n) is 28.4. The van der Waals surface area contributed by atoms with E-state index in [1.807, 2.05) is 76.7 Å². The van der Waals surface area contributed by atoms with Crippen LogP contribution in [0.2, 0.25) is 0 Å². The Hall–Kier alpha value is -4.38. The van der Waals surface area contributed by atoms with Crippen LogP contribution in [0.25, 0.3) is 43.1 Å². The van der Waals surface area contributed by atoms with Gasteiger partial charge in [0.2, 0.25) is 0 Å². The van der Waals surface area contributed by atoms with Crippen molar-refractivity contribution in [1.29, 1.82) is 0 Å². The molecular weight excluding hydrogens is 794 g/mol. The number of hydrogen-bond donors (Lipinski definition) is 2. The van der Waals surface area contributed by atoms with Crippen LogP contribution in [0, 0.1) is 0 Å². The van der Waals surface area contributed by atoms with Crippen LogP contribution >= 0.6 is 15.6 Å². The number of carbonyl (C=O) groups is 4. The molecular formula is C32H30F12N4O4P2. The summed E-state index contributed by atoms with van der Waals surface area (Å²) >= 11 is 0. The molecule has 0 spiro atoms. The molecule has 2 aliphatic heterocycles. The molecule has 54 heavy (non-hydrogen) atoms. The Balaban J connectivity index is 0.000000342. The molecule has 2 N–H and O–H groups in total. The summed E-state index contributed by atoms with van der Waals surface area (Å²) < 4.78 is 118. The number of quaternary nitrogens is 2. The number of nitrogens with zero attached hydrogens (tertiary/aromatic N) is 2. The van der Waals surface area contributed by atoms with E-state index in [0.29, 0.717) is 59.2 Å². The maximum atomic E-state index is 13.5. The van der Waals surface area contributed by atoms with E-state index in [0.717, 1.165) is 42.1 Å². The van der Waals surface area contributed by atoms with Gasteiger partial charge in [0, 0.05) is 33.0 Å². The molecule has 0 aliphatic carbocycles. The number of benzene rings is 5. The topological polar surface area (TPSA) is 83.6 Å². The molecule has 0 saturated carbocycles. The molecule has 2 heterocycles.